The predicted octanol–water partition coefficient (Wildman–Crippen LogP) is 6.24. The average molecular weight is 505 g/mol. The van der Waals surface area contributed by atoms with E-state index >= 15 is 0 Å². The van der Waals surface area contributed by atoms with Crippen LogP contribution in [0.4, 0.5) is 0 Å². The van der Waals surface area contributed by atoms with Crippen molar-refractivity contribution < 1.29 is 9.90 Å². The first-order valence-electron chi connectivity index (χ1n) is 12.0. The summed E-state index contributed by atoms with van der Waals surface area (Å²) in [6.45, 7) is 17.2. The number of benzene rings is 2. The van der Waals surface area contributed by atoms with Crippen LogP contribution in [0, 0.1) is 0 Å². The molecule has 1 amide bonds. The molecule has 4 nitrogen and oxygen atoms in total. The molecule has 1 saturated heterocycles. The number of thioether (sulfide) groups is 1. The van der Waals surface area contributed by atoms with Gasteiger partial charge in [0.05, 0.1) is 0 Å². The Labute approximate surface area is 216 Å². The van der Waals surface area contributed by atoms with Crippen molar-refractivity contribution in [3.63, 3.8) is 0 Å². The van der Waals surface area contributed by atoms with Crippen molar-refractivity contribution in [2.45, 2.75) is 70.2 Å². The van der Waals surface area contributed by atoms with Crippen LogP contribution in [0.3, 0.4) is 0 Å². The largest absolute Gasteiger partial charge is 0.507 e. The molecule has 1 fully saturated rings. The van der Waals surface area contributed by atoms with Gasteiger partial charge in [0.2, 0.25) is 5.91 Å². The van der Waals surface area contributed by atoms with Crippen LogP contribution in [-0.2, 0) is 22.2 Å². The molecule has 0 aromatic heterocycles. The van der Waals surface area contributed by atoms with Gasteiger partial charge in [0.25, 0.3) is 0 Å². The van der Waals surface area contributed by atoms with Gasteiger partial charge in [-0.3, -0.25) is 9.69 Å². The molecule has 2 aromatic carbocycles. The molecule has 188 valence electrons. The first-order chi connectivity index (χ1) is 15.4. The fourth-order valence-electron chi connectivity index (χ4n) is 4.25. The Morgan fingerprint density at radius 3 is 1.94 bits per heavy atom. The van der Waals surface area contributed by atoms with Gasteiger partial charge in [0.15, 0.2) is 0 Å². The zero-order valence-corrected chi connectivity index (χ0v) is 23.2. The summed E-state index contributed by atoms with van der Waals surface area (Å²) in [7, 11) is 0. The molecule has 0 unspecified atom stereocenters. The predicted molar refractivity (Wildman–Crippen MR) is 146 cm³/mol. The molecule has 0 radical (unpaired) electrons. The quantitative estimate of drug-likeness (QED) is 0.473. The van der Waals surface area contributed by atoms with E-state index in [0.29, 0.717) is 12.2 Å². The van der Waals surface area contributed by atoms with E-state index < -0.39 is 0 Å². The SMILES string of the molecule is CC(C)(C)c1cc(SCCC(=O)N2CCN(Cc3ccccc3)CC2)cc(C(C)(C)C)c1O.Cl. The lowest BCUT2D eigenvalue weighted by molar-refractivity contribution is -0.132. The second-order valence-electron chi connectivity index (χ2n) is 11.1. The molecule has 1 aliphatic heterocycles. The summed E-state index contributed by atoms with van der Waals surface area (Å²) in [5, 5.41) is 10.9. The zero-order chi connectivity index (χ0) is 24.2. The normalized spacial score (nSPS) is 15.2. The second kappa shape index (κ2) is 11.8. The number of hydrogen-bond donors (Lipinski definition) is 1. The summed E-state index contributed by atoms with van der Waals surface area (Å²) in [4.78, 5) is 18.4. The minimum Gasteiger partial charge on any atom is -0.507 e. The number of nitrogens with zero attached hydrogens (tertiary/aromatic N) is 2. The number of carbonyl (C=O) groups is 1. The van der Waals surface area contributed by atoms with Crippen LogP contribution in [0.15, 0.2) is 47.4 Å². The van der Waals surface area contributed by atoms with E-state index in [1.165, 1.54) is 5.56 Å². The van der Waals surface area contributed by atoms with Gasteiger partial charge in [-0.15, -0.1) is 24.2 Å². The van der Waals surface area contributed by atoms with Crippen molar-refractivity contribution in [1.82, 2.24) is 9.80 Å². The molecular weight excluding hydrogens is 464 g/mol. The molecule has 34 heavy (non-hydrogen) atoms. The van der Waals surface area contributed by atoms with Gasteiger partial charge in [-0.2, -0.15) is 0 Å². The number of hydrogen-bond acceptors (Lipinski definition) is 4. The highest BCUT2D eigenvalue weighted by atomic mass is 35.5. The maximum Gasteiger partial charge on any atom is 0.223 e. The topological polar surface area (TPSA) is 43.8 Å². The van der Waals surface area contributed by atoms with Crippen molar-refractivity contribution in [1.29, 1.82) is 0 Å². The lowest BCUT2D eigenvalue weighted by Gasteiger charge is -2.34. The minimum absolute atomic E-state index is 0. The van der Waals surface area contributed by atoms with E-state index in [2.05, 4.69) is 82.8 Å². The molecule has 1 heterocycles. The van der Waals surface area contributed by atoms with E-state index in [1.807, 2.05) is 11.0 Å². The number of piperazine rings is 1. The van der Waals surface area contributed by atoms with Gasteiger partial charge >= 0.3 is 0 Å². The van der Waals surface area contributed by atoms with Gasteiger partial charge in [0.1, 0.15) is 5.75 Å². The lowest BCUT2D eigenvalue weighted by Crippen LogP contribution is -2.48. The molecule has 6 heteroatoms. The van der Waals surface area contributed by atoms with Crippen LogP contribution in [0.5, 0.6) is 5.75 Å². The van der Waals surface area contributed by atoms with E-state index in [1.54, 1.807) is 11.8 Å². The second-order valence-corrected chi connectivity index (χ2v) is 12.3. The van der Waals surface area contributed by atoms with E-state index in [9.17, 15) is 9.90 Å². The standard InChI is InChI=1S/C28H40N2O2S.ClH/c1-27(2,3)23-18-22(19-24(26(23)32)28(4,5)6)33-17-12-25(31)30-15-13-29(14-16-30)20-21-10-8-7-9-11-21;/h7-11,18-19,32H,12-17,20H2,1-6H3;1H. The summed E-state index contributed by atoms with van der Waals surface area (Å²) in [5.41, 5.74) is 2.98. The smallest absolute Gasteiger partial charge is 0.223 e. The molecule has 0 atom stereocenters. The summed E-state index contributed by atoms with van der Waals surface area (Å²) in [6.07, 6.45) is 0.542. The van der Waals surface area contributed by atoms with E-state index in [0.717, 1.165) is 54.5 Å². The first kappa shape index (κ1) is 28.5. The number of halogens is 1. The Kier molecular flexibility index (Phi) is 9.93. The third-order valence-corrected chi connectivity index (χ3v) is 7.24. The van der Waals surface area contributed by atoms with Crippen LogP contribution in [-0.4, -0.2) is 52.7 Å². The highest BCUT2D eigenvalue weighted by Crippen LogP contribution is 2.41. The molecule has 3 rings (SSSR count). The highest BCUT2D eigenvalue weighted by molar-refractivity contribution is 7.99. The zero-order valence-electron chi connectivity index (χ0n) is 21.6. The fourth-order valence-corrected chi connectivity index (χ4v) is 5.16. The van der Waals surface area contributed by atoms with Gasteiger partial charge in [-0.1, -0.05) is 71.9 Å². The van der Waals surface area contributed by atoms with Crippen molar-refractivity contribution in [2.24, 2.45) is 0 Å². The maximum atomic E-state index is 12.8. The third-order valence-electron chi connectivity index (χ3n) is 6.26. The van der Waals surface area contributed by atoms with Crippen LogP contribution in [0.2, 0.25) is 0 Å². The van der Waals surface area contributed by atoms with Crippen LogP contribution < -0.4 is 0 Å². The van der Waals surface area contributed by atoms with E-state index in [-0.39, 0.29) is 29.1 Å². The molecule has 0 aliphatic carbocycles. The molecule has 1 N–H and O–H groups in total. The van der Waals surface area contributed by atoms with Gasteiger partial charge in [-0.25, -0.2) is 0 Å². The first-order valence-corrected chi connectivity index (χ1v) is 13.0. The van der Waals surface area contributed by atoms with Crippen LogP contribution in [0.25, 0.3) is 0 Å². The lowest BCUT2D eigenvalue weighted by atomic mass is 9.79. The number of amides is 1. The Morgan fingerprint density at radius 1 is 0.912 bits per heavy atom. The Balaban J connectivity index is 0.00000408. The summed E-state index contributed by atoms with van der Waals surface area (Å²) < 4.78 is 0. The summed E-state index contributed by atoms with van der Waals surface area (Å²) in [5.74, 6) is 1.40. The molecular formula is C28H41ClN2O2S. The van der Waals surface area contributed by atoms with Crippen LogP contribution >= 0.6 is 24.2 Å². The third kappa shape index (κ3) is 7.66. The van der Waals surface area contributed by atoms with E-state index in [4.69, 9.17) is 0 Å². The van der Waals surface area contributed by atoms with Gasteiger partial charge in [0, 0.05) is 60.9 Å². The molecule has 0 saturated carbocycles. The number of rotatable bonds is 6. The molecule has 2 aromatic rings. The highest BCUT2D eigenvalue weighted by Gasteiger charge is 2.27. The Morgan fingerprint density at radius 2 is 1.44 bits per heavy atom. The maximum absolute atomic E-state index is 12.8. The average Bonchev–Trinajstić information content (AvgIpc) is 2.74. The molecule has 0 bridgehead atoms. The van der Waals surface area contributed by atoms with Crippen molar-refractivity contribution >= 4 is 30.1 Å². The number of phenols is 1. The minimum atomic E-state index is -0.143. The van der Waals surface area contributed by atoms with Crippen molar-refractivity contribution in [3.05, 3.63) is 59.2 Å². The van der Waals surface area contributed by atoms with Gasteiger partial charge in [-0.05, 0) is 28.5 Å². The van der Waals surface area contributed by atoms with Crippen LogP contribution in [0.1, 0.15) is 64.7 Å². The van der Waals surface area contributed by atoms with Crippen molar-refractivity contribution in [2.75, 3.05) is 31.9 Å². The molecule has 0 spiro atoms. The number of carbonyl (C=O) groups excluding carboxylic acids is 1. The number of phenolic OH excluding ortho intramolecular Hbond substituents is 1. The fraction of sp³-hybridized carbons (Fsp3) is 0.536. The Hall–Kier alpha value is -1.69. The van der Waals surface area contributed by atoms with Gasteiger partial charge < -0.3 is 10.0 Å². The Bertz CT molecular complexity index is 908. The van der Waals surface area contributed by atoms with Crippen molar-refractivity contribution in [3.8, 4) is 5.75 Å². The summed E-state index contributed by atoms with van der Waals surface area (Å²) in [6, 6.07) is 14.7. The molecule has 1 aliphatic rings. The summed E-state index contributed by atoms with van der Waals surface area (Å²) >= 11 is 1.72. The number of aromatic hydroxyl groups is 1. The monoisotopic (exact) mass is 504 g/mol.